The first-order chi connectivity index (χ1) is 22.6. The summed E-state index contributed by atoms with van der Waals surface area (Å²) in [7, 11) is -2.85. The number of hydrogen-bond donors (Lipinski definition) is 2. The lowest BCUT2D eigenvalue weighted by Gasteiger charge is -2.31. The third kappa shape index (κ3) is 6.30. The minimum Gasteiger partial charge on any atom is -0.321 e. The van der Waals surface area contributed by atoms with Gasteiger partial charge in [-0.05, 0) is 67.6 Å². The van der Waals surface area contributed by atoms with E-state index in [2.05, 4.69) is 47.0 Å². The normalized spacial score (nSPS) is 11.7. The van der Waals surface area contributed by atoms with Gasteiger partial charge in [0, 0.05) is 16.8 Å². The van der Waals surface area contributed by atoms with E-state index < -0.39 is 13.2 Å². The first-order valence-corrected chi connectivity index (χ1v) is 17.0. The summed E-state index contributed by atoms with van der Waals surface area (Å²) in [5.74, 6) is -0.769. The molecule has 0 aliphatic carbocycles. The highest BCUT2D eigenvalue weighted by Gasteiger charge is 2.52. The lowest BCUT2D eigenvalue weighted by Crippen LogP contribution is -2.37. The zero-order valence-electron chi connectivity index (χ0n) is 25.5. The lowest BCUT2D eigenvalue weighted by molar-refractivity contribution is -0.113. The Labute approximate surface area is 270 Å². The van der Waals surface area contributed by atoms with Crippen molar-refractivity contribution >= 4 is 46.0 Å². The van der Waals surface area contributed by atoms with Crippen LogP contribution in [0.2, 0.25) is 0 Å². The molecule has 0 unspecified atom stereocenters. The van der Waals surface area contributed by atoms with Gasteiger partial charge in [-0.25, -0.2) is 0 Å². The van der Waals surface area contributed by atoms with Crippen LogP contribution in [0.25, 0.3) is 5.31 Å². The molecule has 0 saturated heterocycles. The SMILES string of the molecule is Cc1ccc(NC(=O)/C(NC(=O)c2ccccc2)=C(\c2ccccc2)[P+](c2ccccc2)(c2ccccc2)c2ccccc2)cc1. The molecule has 224 valence electrons. The molecule has 0 spiro atoms. The highest BCUT2D eigenvalue weighted by atomic mass is 31.2. The number of amides is 2. The van der Waals surface area contributed by atoms with E-state index in [1.807, 2.05) is 134 Å². The molecule has 2 N–H and O–H groups in total. The van der Waals surface area contributed by atoms with E-state index >= 15 is 0 Å². The average molecular weight is 618 g/mol. The molecule has 0 saturated carbocycles. The van der Waals surface area contributed by atoms with Gasteiger partial charge in [-0.3, -0.25) is 9.59 Å². The van der Waals surface area contributed by atoms with Gasteiger partial charge in [-0.15, -0.1) is 0 Å². The zero-order valence-corrected chi connectivity index (χ0v) is 26.4. The molecule has 0 bridgehead atoms. The van der Waals surface area contributed by atoms with Gasteiger partial charge in [-0.1, -0.05) is 121 Å². The van der Waals surface area contributed by atoms with Crippen molar-refractivity contribution in [2.75, 3.05) is 5.32 Å². The Morgan fingerprint density at radius 1 is 0.478 bits per heavy atom. The van der Waals surface area contributed by atoms with Crippen LogP contribution >= 0.6 is 7.26 Å². The topological polar surface area (TPSA) is 58.2 Å². The minimum absolute atomic E-state index is 0.200. The Hall–Kier alpha value is -5.57. The fourth-order valence-corrected chi connectivity index (χ4v) is 10.3. The number of benzene rings is 6. The maximum atomic E-state index is 14.8. The van der Waals surface area contributed by atoms with Crippen molar-refractivity contribution < 1.29 is 9.59 Å². The molecule has 6 aromatic carbocycles. The molecule has 5 heteroatoms. The van der Waals surface area contributed by atoms with Crippen molar-refractivity contribution in [2.45, 2.75) is 6.92 Å². The number of nitrogens with one attached hydrogen (secondary N) is 2. The highest BCUT2D eigenvalue weighted by molar-refractivity contribution is 8.03. The molecule has 2 amide bonds. The van der Waals surface area contributed by atoms with E-state index in [0.29, 0.717) is 11.3 Å². The fourth-order valence-electron chi connectivity index (χ4n) is 5.72. The third-order valence-corrected chi connectivity index (χ3v) is 12.2. The first-order valence-electron chi connectivity index (χ1n) is 15.2. The number of anilines is 1. The number of rotatable bonds is 9. The summed E-state index contributed by atoms with van der Waals surface area (Å²) in [6.07, 6.45) is 0. The van der Waals surface area contributed by atoms with Crippen molar-refractivity contribution in [3.8, 4) is 0 Å². The summed E-state index contributed by atoms with van der Waals surface area (Å²) in [4.78, 5) is 28.8. The molecule has 0 aliphatic rings. The second-order valence-corrected chi connectivity index (χ2v) is 14.2. The standard InChI is InChI=1S/C41H33N2O2P/c1-31-27-29-34(30-28-31)42-41(45)38(43-40(44)33-19-9-3-10-20-33)39(32-17-7-2-8-18-32)46(35-21-11-4-12-22-35,36-23-13-5-14-24-36)37-25-15-6-16-26-37/h2-30H,1H3,(H-,42,43,44,45)/p+1/b39-38-. The van der Waals surface area contributed by atoms with Crippen LogP contribution in [0.5, 0.6) is 0 Å². The lowest BCUT2D eigenvalue weighted by atomic mass is 10.1. The predicted octanol–water partition coefficient (Wildman–Crippen LogP) is 7.73. The summed E-state index contributed by atoms with van der Waals surface area (Å²) in [5, 5.41) is 10.2. The van der Waals surface area contributed by atoms with Crippen molar-refractivity contribution in [1.29, 1.82) is 0 Å². The van der Waals surface area contributed by atoms with Gasteiger partial charge in [0.2, 0.25) is 0 Å². The van der Waals surface area contributed by atoms with Crippen LogP contribution in [0.3, 0.4) is 0 Å². The molecular formula is C41H34N2O2P+. The van der Waals surface area contributed by atoms with Crippen LogP contribution in [0.1, 0.15) is 21.5 Å². The van der Waals surface area contributed by atoms with E-state index in [-0.39, 0.29) is 11.6 Å². The smallest absolute Gasteiger partial charge is 0.276 e. The summed E-state index contributed by atoms with van der Waals surface area (Å²) in [6.45, 7) is 2.00. The van der Waals surface area contributed by atoms with E-state index in [1.165, 1.54) is 0 Å². The molecule has 0 atom stereocenters. The van der Waals surface area contributed by atoms with Gasteiger partial charge in [0.05, 0.1) is 0 Å². The second-order valence-electron chi connectivity index (χ2n) is 10.9. The molecule has 0 aromatic heterocycles. The van der Waals surface area contributed by atoms with Gasteiger partial charge >= 0.3 is 0 Å². The van der Waals surface area contributed by atoms with Crippen molar-refractivity contribution in [3.05, 3.63) is 198 Å². The maximum absolute atomic E-state index is 14.8. The number of carbonyl (C=O) groups excluding carboxylic acids is 2. The Morgan fingerprint density at radius 3 is 1.30 bits per heavy atom. The third-order valence-electron chi connectivity index (χ3n) is 7.86. The van der Waals surface area contributed by atoms with Gasteiger partial charge in [0.25, 0.3) is 11.8 Å². The minimum atomic E-state index is -2.85. The molecule has 6 aromatic rings. The van der Waals surface area contributed by atoms with Crippen LogP contribution in [0.15, 0.2) is 182 Å². The van der Waals surface area contributed by atoms with Crippen molar-refractivity contribution in [3.63, 3.8) is 0 Å². The maximum Gasteiger partial charge on any atom is 0.276 e. The Balaban J connectivity index is 1.74. The number of hydrogen-bond acceptors (Lipinski definition) is 2. The summed E-state index contributed by atoms with van der Waals surface area (Å²) in [5.41, 5.74) is 3.22. The molecular weight excluding hydrogens is 583 g/mol. The van der Waals surface area contributed by atoms with Crippen molar-refractivity contribution in [1.82, 2.24) is 5.32 Å². The predicted molar refractivity (Wildman–Crippen MR) is 192 cm³/mol. The summed E-state index contributed by atoms with van der Waals surface area (Å²) < 4.78 is 0. The summed E-state index contributed by atoms with van der Waals surface area (Å²) >= 11 is 0. The Kier molecular flexibility index (Phi) is 9.29. The van der Waals surface area contributed by atoms with Crippen LogP contribution < -0.4 is 26.5 Å². The molecule has 6 rings (SSSR count). The molecule has 4 nitrogen and oxygen atoms in total. The van der Waals surface area contributed by atoms with Crippen LogP contribution in [0, 0.1) is 6.92 Å². The highest BCUT2D eigenvalue weighted by Crippen LogP contribution is 2.67. The molecule has 0 aliphatic heterocycles. The summed E-state index contributed by atoms with van der Waals surface area (Å²) in [6, 6.07) is 57.6. The molecule has 46 heavy (non-hydrogen) atoms. The van der Waals surface area contributed by atoms with Crippen LogP contribution in [0.4, 0.5) is 5.69 Å². The monoisotopic (exact) mass is 617 g/mol. The Morgan fingerprint density at radius 2 is 0.870 bits per heavy atom. The van der Waals surface area contributed by atoms with Crippen LogP contribution in [-0.2, 0) is 4.79 Å². The number of aryl methyl sites for hydroxylation is 1. The second kappa shape index (κ2) is 14.0. The van der Waals surface area contributed by atoms with Gasteiger partial charge in [-0.2, -0.15) is 0 Å². The molecule has 0 heterocycles. The van der Waals surface area contributed by atoms with Gasteiger partial charge < -0.3 is 10.6 Å². The number of carbonyl (C=O) groups is 2. The average Bonchev–Trinajstić information content (AvgIpc) is 3.12. The van der Waals surface area contributed by atoms with Gasteiger partial charge in [0.15, 0.2) is 5.70 Å². The van der Waals surface area contributed by atoms with Crippen molar-refractivity contribution in [2.24, 2.45) is 0 Å². The first kappa shape index (κ1) is 30.5. The fraction of sp³-hybridized carbons (Fsp3) is 0.0244. The largest absolute Gasteiger partial charge is 0.321 e. The Bertz CT molecular complexity index is 1850. The molecule has 0 fully saturated rings. The van der Waals surface area contributed by atoms with Crippen LogP contribution in [-0.4, -0.2) is 11.8 Å². The van der Waals surface area contributed by atoms with E-state index in [1.54, 1.807) is 12.1 Å². The quantitative estimate of drug-likeness (QED) is 0.129. The zero-order chi connectivity index (χ0) is 31.8. The van der Waals surface area contributed by atoms with Gasteiger partial charge in [0.1, 0.15) is 28.5 Å². The van der Waals surface area contributed by atoms with E-state index in [9.17, 15) is 9.59 Å². The van der Waals surface area contributed by atoms with E-state index in [4.69, 9.17) is 0 Å². The molecule has 0 radical (unpaired) electrons. The van der Waals surface area contributed by atoms with E-state index in [0.717, 1.165) is 32.4 Å².